The standard InChI is InChI=1S/C24H21ClFN5O3/c25-18-8-6-15(7-9-18)22-27-20(33-29-22)10-11-21(32)31-12-2-4-17(14-31)24-28-23(30-34-24)16-3-1-5-19(26)13-16/h1,3,5-9,13,17H,2,4,10-12,14H2. The lowest BCUT2D eigenvalue weighted by atomic mass is 9.97. The number of aryl methyl sites for hydroxylation is 1. The van der Waals surface area contributed by atoms with Crippen LogP contribution in [0.15, 0.2) is 57.6 Å². The Morgan fingerprint density at radius 2 is 1.85 bits per heavy atom. The fraction of sp³-hybridized carbons (Fsp3) is 0.292. The highest BCUT2D eigenvalue weighted by molar-refractivity contribution is 6.30. The third-order valence-corrected chi connectivity index (χ3v) is 6.02. The van der Waals surface area contributed by atoms with E-state index < -0.39 is 0 Å². The maximum atomic E-state index is 13.5. The van der Waals surface area contributed by atoms with Gasteiger partial charge in [0, 0.05) is 42.1 Å². The molecule has 1 atom stereocenters. The highest BCUT2D eigenvalue weighted by atomic mass is 35.5. The van der Waals surface area contributed by atoms with E-state index >= 15 is 0 Å². The molecular weight excluding hydrogens is 461 g/mol. The number of carbonyl (C=O) groups excluding carboxylic acids is 1. The lowest BCUT2D eigenvalue weighted by Crippen LogP contribution is -2.39. The maximum absolute atomic E-state index is 13.5. The van der Waals surface area contributed by atoms with E-state index in [1.807, 2.05) is 12.1 Å². The summed E-state index contributed by atoms with van der Waals surface area (Å²) in [4.78, 5) is 23.5. The summed E-state index contributed by atoms with van der Waals surface area (Å²) in [5.74, 6) is 1.24. The van der Waals surface area contributed by atoms with Crippen molar-refractivity contribution in [3.8, 4) is 22.8 Å². The van der Waals surface area contributed by atoms with Gasteiger partial charge in [-0.2, -0.15) is 9.97 Å². The van der Waals surface area contributed by atoms with Gasteiger partial charge in [-0.25, -0.2) is 4.39 Å². The van der Waals surface area contributed by atoms with Gasteiger partial charge in [-0.05, 0) is 49.2 Å². The summed E-state index contributed by atoms with van der Waals surface area (Å²) in [5, 5.41) is 8.60. The summed E-state index contributed by atoms with van der Waals surface area (Å²) >= 11 is 5.91. The summed E-state index contributed by atoms with van der Waals surface area (Å²) < 4.78 is 24.3. The van der Waals surface area contributed by atoms with E-state index in [4.69, 9.17) is 20.6 Å². The van der Waals surface area contributed by atoms with Gasteiger partial charge in [0.25, 0.3) is 0 Å². The van der Waals surface area contributed by atoms with Gasteiger partial charge >= 0.3 is 0 Å². The molecule has 0 aliphatic carbocycles. The Labute approximate surface area is 199 Å². The fourth-order valence-electron chi connectivity index (χ4n) is 4.00. The Kier molecular flexibility index (Phi) is 6.35. The Hall–Kier alpha value is -3.59. The van der Waals surface area contributed by atoms with Crippen LogP contribution in [0.4, 0.5) is 4.39 Å². The number of aromatic nitrogens is 4. The third kappa shape index (κ3) is 4.99. The summed E-state index contributed by atoms with van der Waals surface area (Å²) in [6.07, 6.45) is 2.27. The largest absolute Gasteiger partial charge is 0.342 e. The van der Waals surface area contributed by atoms with Gasteiger partial charge in [-0.3, -0.25) is 4.79 Å². The van der Waals surface area contributed by atoms with Crippen LogP contribution >= 0.6 is 11.6 Å². The second kappa shape index (κ2) is 9.72. The Morgan fingerprint density at radius 1 is 1.06 bits per heavy atom. The number of rotatable bonds is 6. The molecule has 34 heavy (non-hydrogen) atoms. The van der Waals surface area contributed by atoms with E-state index in [2.05, 4.69) is 20.3 Å². The Bertz CT molecular complexity index is 1290. The molecule has 1 unspecified atom stereocenters. The van der Waals surface area contributed by atoms with Crippen molar-refractivity contribution in [3.63, 3.8) is 0 Å². The van der Waals surface area contributed by atoms with Gasteiger partial charge in [0.2, 0.25) is 29.3 Å². The van der Waals surface area contributed by atoms with Crippen molar-refractivity contribution >= 4 is 17.5 Å². The quantitative estimate of drug-likeness (QED) is 0.385. The van der Waals surface area contributed by atoms with Gasteiger partial charge in [0.15, 0.2) is 0 Å². The lowest BCUT2D eigenvalue weighted by Gasteiger charge is -2.31. The molecule has 0 saturated carbocycles. The Balaban J connectivity index is 1.18. The Morgan fingerprint density at radius 3 is 2.68 bits per heavy atom. The first-order chi connectivity index (χ1) is 16.5. The summed E-state index contributed by atoms with van der Waals surface area (Å²) in [6.45, 7) is 1.16. The molecule has 5 rings (SSSR count). The molecule has 3 heterocycles. The van der Waals surface area contributed by atoms with Crippen LogP contribution in [0.5, 0.6) is 0 Å². The second-order valence-corrected chi connectivity index (χ2v) is 8.60. The van der Waals surface area contributed by atoms with Crippen molar-refractivity contribution in [2.24, 2.45) is 0 Å². The van der Waals surface area contributed by atoms with Crippen LogP contribution in [0.3, 0.4) is 0 Å². The first kappa shape index (κ1) is 22.2. The molecule has 1 aliphatic rings. The number of halogens is 2. The van der Waals surface area contributed by atoms with Crippen LogP contribution in [0.1, 0.15) is 37.0 Å². The second-order valence-electron chi connectivity index (χ2n) is 8.16. The number of hydrogen-bond acceptors (Lipinski definition) is 7. The number of carbonyl (C=O) groups is 1. The minimum absolute atomic E-state index is 0.000752. The molecule has 1 saturated heterocycles. The third-order valence-electron chi connectivity index (χ3n) is 5.77. The van der Waals surface area contributed by atoms with Crippen molar-refractivity contribution < 1.29 is 18.2 Å². The maximum Gasteiger partial charge on any atom is 0.231 e. The SMILES string of the molecule is O=C(CCc1nc(-c2ccc(Cl)cc2)no1)N1CCCC(c2nc(-c3cccc(F)c3)no2)C1. The summed E-state index contributed by atoms with van der Waals surface area (Å²) in [5.41, 5.74) is 1.35. The first-order valence-corrected chi connectivity index (χ1v) is 11.4. The molecule has 0 N–H and O–H groups in total. The highest BCUT2D eigenvalue weighted by Crippen LogP contribution is 2.28. The van der Waals surface area contributed by atoms with E-state index in [0.717, 1.165) is 18.4 Å². The molecule has 2 aromatic carbocycles. The van der Waals surface area contributed by atoms with Crippen LogP contribution in [0.2, 0.25) is 5.02 Å². The smallest absolute Gasteiger partial charge is 0.231 e. The van der Waals surface area contributed by atoms with Crippen molar-refractivity contribution in [3.05, 3.63) is 71.2 Å². The number of benzene rings is 2. The van der Waals surface area contributed by atoms with Gasteiger partial charge in [-0.15, -0.1) is 0 Å². The molecule has 10 heteroatoms. The van der Waals surface area contributed by atoms with Crippen LogP contribution in [-0.2, 0) is 11.2 Å². The van der Waals surface area contributed by atoms with Crippen LogP contribution in [0, 0.1) is 5.82 Å². The fourth-order valence-corrected chi connectivity index (χ4v) is 4.12. The van der Waals surface area contributed by atoms with Gasteiger partial charge in [0.05, 0.1) is 5.92 Å². The predicted molar refractivity (Wildman–Crippen MR) is 121 cm³/mol. The number of piperidine rings is 1. The summed E-state index contributed by atoms with van der Waals surface area (Å²) in [7, 11) is 0. The van der Waals surface area contributed by atoms with Crippen molar-refractivity contribution in [2.75, 3.05) is 13.1 Å². The number of likely N-dealkylation sites (tertiary alicyclic amines) is 1. The number of hydrogen-bond donors (Lipinski definition) is 0. The van der Waals surface area contributed by atoms with E-state index in [0.29, 0.717) is 53.5 Å². The molecule has 1 amide bonds. The van der Waals surface area contributed by atoms with E-state index in [9.17, 15) is 9.18 Å². The normalized spacial score (nSPS) is 16.1. The van der Waals surface area contributed by atoms with Crippen molar-refractivity contribution in [1.29, 1.82) is 0 Å². The zero-order chi connectivity index (χ0) is 23.5. The molecule has 0 spiro atoms. The molecule has 4 aromatic rings. The number of nitrogens with zero attached hydrogens (tertiary/aromatic N) is 5. The van der Waals surface area contributed by atoms with Crippen LogP contribution < -0.4 is 0 Å². The van der Waals surface area contributed by atoms with Crippen LogP contribution in [0.25, 0.3) is 22.8 Å². The molecule has 2 aromatic heterocycles. The lowest BCUT2D eigenvalue weighted by molar-refractivity contribution is -0.132. The monoisotopic (exact) mass is 481 g/mol. The van der Waals surface area contributed by atoms with Gasteiger partial charge in [-0.1, -0.05) is 34.0 Å². The number of amides is 1. The van der Waals surface area contributed by atoms with Gasteiger partial charge in [0.1, 0.15) is 5.82 Å². The zero-order valence-corrected chi connectivity index (χ0v) is 18.9. The van der Waals surface area contributed by atoms with Crippen molar-refractivity contribution in [1.82, 2.24) is 25.2 Å². The van der Waals surface area contributed by atoms with E-state index in [-0.39, 0.29) is 24.1 Å². The molecule has 0 radical (unpaired) electrons. The first-order valence-electron chi connectivity index (χ1n) is 11.0. The van der Waals surface area contributed by atoms with E-state index in [1.54, 1.807) is 29.2 Å². The predicted octanol–water partition coefficient (Wildman–Crippen LogP) is 4.92. The minimum Gasteiger partial charge on any atom is -0.342 e. The topological polar surface area (TPSA) is 98.2 Å². The highest BCUT2D eigenvalue weighted by Gasteiger charge is 2.29. The molecule has 1 fully saturated rings. The average Bonchev–Trinajstić information content (AvgIpc) is 3.54. The molecule has 1 aliphatic heterocycles. The summed E-state index contributed by atoms with van der Waals surface area (Å²) in [6, 6.07) is 13.2. The van der Waals surface area contributed by atoms with E-state index in [1.165, 1.54) is 12.1 Å². The molecule has 0 bridgehead atoms. The average molecular weight is 482 g/mol. The van der Waals surface area contributed by atoms with Crippen LogP contribution in [-0.4, -0.2) is 44.2 Å². The molecular formula is C24H21ClFN5O3. The molecule has 174 valence electrons. The minimum atomic E-state index is -0.361. The zero-order valence-electron chi connectivity index (χ0n) is 18.2. The van der Waals surface area contributed by atoms with Crippen molar-refractivity contribution in [2.45, 2.75) is 31.6 Å². The van der Waals surface area contributed by atoms with Gasteiger partial charge < -0.3 is 13.9 Å². The molecule has 8 nitrogen and oxygen atoms in total.